The summed E-state index contributed by atoms with van der Waals surface area (Å²) in [4.78, 5) is 21.5. The molecule has 0 fully saturated rings. The van der Waals surface area contributed by atoms with Crippen molar-refractivity contribution in [1.82, 2.24) is 9.97 Å². The number of hydrogen-bond donors (Lipinski definition) is 3. The third kappa shape index (κ3) is 6.34. The van der Waals surface area contributed by atoms with Crippen molar-refractivity contribution in [2.24, 2.45) is 0 Å². The van der Waals surface area contributed by atoms with Crippen molar-refractivity contribution in [2.45, 2.75) is 4.90 Å². The molecule has 0 atom stereocenters. The molecule has 41 heavy (non-hydrogen) atoms. The van der Waals surface area contributed by atoms with E-state index in [-0.39, 0.29) is 27.8 Å². The number of methoxy groups -OCH3 is 2. The van der Waals surface area contributed by atoms with Gasteiger partial charge in [-0.3, -0.25) is 9.52 Å². The highest BCUT2D eigenvalue weighted by molar-refractivity contribution is 7.92. The minimum atomic E-state index is -4.19. The monoisotopic (exact) mass is 573 g/mol. The molecule has 1 amide bonds. The van der Waals surface area contributed by atoms with E-state index in [2.05, 4.69) is 25.3 Å². The lowest BCUT2D eigenvalue weighted by Gasteiger charge is -2.15. The van der Waals surface area contributed by atoms with Gasteiger partial charge in [0.25, 0.3) is 15.9 Å². The van der Waals surface area contributed by atoms with Crippen LogP contribution in [0.2, 0.25) is 0 Å². The van der Waals surface area contributed by atoms with Crippen LogP contribution in [0.4, 0.5) is 27.4 Å². The third-order valence-electron chi connectivity index (χ3n) is 5.92. The van der Waals surface area contributed by atoms with Crippen molar-refractivity contribution in [3.05, 3.63) is 102 Å². The summed E-state index contributed by atoms with van der Waals surface area (Å²) >= 11 is 0. The molecule has 0 aliphatic rings. The van der Waals surface area contributed by atoms with Crippen LogP contribution in [0.15, 0.2) is 95.9 Å². The second kappa shape index (κ2) is 11.5. The quantitative estimate of drug-likeness (QED) is 0.208. The molecule has 5 rings (SSSR count). The fourth-order valence-corrected chi connectivity index (χ4v) is 4.96. The fraction of sp³-hybridized carbons (Fsp3) is 0.0690. The maximum absolute atomic E-state index is 13.5. The summed E-state index contributed by atoms with van der Waals surface area (Å²) in [6, 6.07) is 22.8. The van der Waals surface area contributed by atoms with Gasteiger partial charge in [0.15, 0.2) is 11.6 Å². The van der Waals surface area contributed by atoms with Gasteiger partial charge in [-0.1, -0.05) is 18.2 Å². The number of carbonyl (C=O) groups excluding carboxylic acids is 1. The number of benzene rings is 4. The standard InChI is InChI=1S/C29H24FN5O5S/c1-39-22-14-21(15-23(17-22)40-2)31-27-28(34-26-9-4-3-8-25(26)33-27)35-41(37,38)24-7-5-6-20(16-24)32-29(36)18-10-12-19(30)13-11-18/h3-17H,1-2H3,(H,31,33)(H,32,36)(H,34,35). The Morgan fingerprint density at radius 1 is 0.756 bits per heavy atom. The largest absolute Gasteiger partial charge is 0.497 e. The molecule has 10 nitrogen and oxygen atoms in total. The Labute approximate surface area is 235 Å². The minimum Gasteiger partial charge on any atom is -0.497 e. The molecule has 3 N–H and O–H groups in total. The van der Waals surface area contributed by atoms with Crippen molar-refractivity contribution >= 4 is 50.0 Å². The maximum Gasteiger partial charge on any atom is 0.263 e. The molecule has 12 heteroatoms. The molecule has 0 radical (unpaired) electrons. The van der Waals surface area contributed by atoms with E-state index in [1.54, 1.807) is 48.5 Å². The van der Waals surface area contributed by atoms with Crippen LogP contribution < -0.4 is 24.8 Å². The van der Waals surface area contributed by atoms with Crippen LogP contribution in [0.25, 0.3) is 11.0 Å². The molecular weight excluding hydrogens is 549 g/mol. The zero-order valence-corrected chi connectivity index (χ0v) is 22.7. The molecule has 4 aromatic carbocycles. The van der Waals surface area contributed by atoms with Crippen LogP contribution in [-0.2, 0) is 10.0 Å². The Morgan fingerprint density at radius 3 is 2.02 bits per heavy atom. The highest BCUT2D eigenvalue weighted by atomic mass is 32.2. The third-order valence-corrected chi connectivity index (χ3v) is 7.26. The first-order valence-corrected chi connectivity index (χ1v) is 13.7. The van der Waals surface area contributed by atoms with Crippen LogP contribution in [0.3, 0.4) is 0 Å². The number of fused-ring (bicyclic) bond motifs is 1. The number of aromatic nitrogens is 2. The second-order valence-corrected chi connectivity index (χ2v) is 10.4. The molecule has 208 valence electrons. The fourth-order valence-electron chi connectivity index (χ4n) is 3.91. The van der Waals surface area contributed by atoms with Gasteiger partial charge in [-0.05, 0) is 54.6 Å². The number of rotatable bonds is 9. The number of nitrogens with zero attached hydrogens (tertiary/aromatic N) is 2. The zero-order valence-electron chi connectivity index (χ0n) is 21.9. The van der Waals surface area contributed by atoms with E-state index in [0.717, 1.165) is 12.1 Å². The van der Waals surface area contributed by atoms with Gasteiger partial charge < -0.3 is 20.1 Å². The van der Waals surface area contributed by atoms with Gasteiger partial charge in [0, 0.05) is 35.1 Å². The number of nitrogens with one attached hydrogen (secondary N) is 3. The summed E-state index contributed by atoms with van der Waals surface area (Å²) in [7, 11) is -1.16. The van der Waals surface area contributed by atoms with Crippen LogP contribution in [-0.4, -0.2) is 38.5 Å². The molecular formula is C29H24FN5O5S. The molecule has 5 aromatic rings. The highest BCUT2D eigenvalue weighted by Gasteiger charge is 2.20. The van der Waals surface area contributed by atoms with Gasteiger partial charge in [-0.15, -0.1) is 0 Å². The number of carbonyl (C=O) groups is 1. The Bertz CT molecular complexity index is 1830. The number of para-hydroxylation sites is 2. The topological polar surface area (TPSA) is 132 Å². The van der Waals surface area contributed by atoms with Gasteiger partial charge >= 0.3 is 0 Å². The SMILES string of the molecule is COc1cc(Nc2nc3ccccc3nc2NS(=O)(=O)c2cccc(NC(=O)c3ccc(F)cc3)c2)cc(OC)c1. The van der Waals surface area contributed by atoms with Crippen molar-refractivity contribution in [3.8, 4) is 11.5 Å². The second-order valence-electron chi connectivity index (χ2n) is 8.73. The lowest BCUT2D eigenvalue weighted by atomic mass is 10.2. The van der Waals surface area contributed by atoms with Gasteiger partial charge in [-0.2, -0.15) is 0 Å². The molecule has 0 saturated heterocycles. The van der Waals surface area contributed by atoms with Crippen molar-refractivity contribution < 1.29 is 27.1 Å². The van der Waals surface area contributed by atoms with E-state index in [9.17, 15) is 17.6 Å². The van der Waals surface area contributed by atoms with Gasteiger partial charge in [0.1, 0.15) is 17.3 Å². The van der Waals surface area contributed by atoms with Gasteiger partial charge in [-0.25, -0.2) is 22.8 Å². The molecule has 0 spiro atoms. The zero-order chi connectivity index (χ0) is 29.0. The van der Waals surface area contributed by atoms with Crippen molar-refractivity contribution in [1.29, 1.82) is 0 Å². The summed E-state index contributed by atoms with van der Waals surface area (Å²) in [5.41, 5.74) is 1.98. The van der Waals surface area contributed by atoms with Crippen LogP contribution in [0.1, 0.15) is 10.4 Å². The summed E-state index contributed by atoms with van der Waals surface area (Å²) < 4.78 is 53.4. The van der Waals surface area contributed by atoms with E-state index in [1.807, 2.05) is 0 Å². The first kappa shape index (κ1) is 27.3. The molecule has 0 bridgehead atoms. The molecule has 0 unspecified atom stereocenters. The first-order valence-electron chi connectivity index (χ1n) is 12.2. The van der Waals surface area contributed by atoms with Gasteiger partial charge in [0.2, 0.25) is 0 Å². The number of hydrogen-bond acceptors (Lipinski definition) is 8. The molecule has 1 aromatic heterocycles. The van der Waals surface area contributed by atoms with E-state index in [0.29, 0.717) is 28.2 Å². The van der Waals surface area contributed by atoms with Crippen molar-refractivity contribution in [3.63, 3.8) is 0 Å². The Morgan fingerprint density at radius 2 is 1.39 bits per heavy atom. The Balaban J connectivity index is 1.46. The number of amides is 1. The predicted octanol–water partition coefficient (Wildman–Crippen LogP) is 5.58. The molecule has 0 aliphatic heterocycles. The number of halogens is 1. The number of anilines is 4. The van der Waals surface area contributed by atoms with Crippen LogP contribution in [0, 0.1) is 5.82 Å². The summed E-state index contributed by atoms with van der Waals surface area (Å²) in [5.74, 6) is 0.129. The summed E-state index contributed by atoms with van der Waals surface area (Å²) in [6.45, 7) is 0. The number of ether oxygens (including phenoxy) is 2. The van der Waals surface area contributed by atoms with E-state index >= 15 is 0 Å². The molecule has 0 saturated carbocycles. The summed E-state index contributed by atoms with van der Waals surface area (Å²) in [5, 5.41) is 5.73. The maximum atomic E-state index is 13.5. The molecule has 1 heterocycles. The van der Waals surface area contributed by atoms with E-state index in [1.165, 1.54) is 44.6 Å². The van der Waals surface area contributed by atoms with Crippen molar-refractivity contribution in [2.75, 3.05) is 29.6 Å². The Hall–Kier alpha value is -5.23. The summed E-state index contributed by atoms with van der Waals surface area (Å²) in [6.07, 6.45) is 0. The Kier molecular flexibility index (Phi) is 7.66. The predicted molar refractivity (Wildman–Crippen MR) is 154 cm³/mol. The van der Waals surface area contributed by atoms with E-state index in [4.69, 9.17) is 9.47 Å². The minimum absolute atomic E-state index is 0.0498. The first-order chi connectivity index (χ1) is 19.7. The normalized spacial score (nSPS) is 11.1. The molecule has 0 aliphatic carbocycles. The van der Waals surface area contributed by atoms with E-state index < -0.39 is 21.7 Å². The highest BCUT2D eigenvalue weighted by Crippen LogP contribution is 2.31. The average molecular weight is 574 g/mol. The lowest BCUT2D eigenvalue weighted by molar-refractivity contribution is 0.102. The number of sulfonamides is 1. The van der Waals surface area contributed by atoms with Gasteiger partial charge in [0.05, 0.1) is 30.1 Å². The van der Waals surface area contributed by atoms with Crippen LogP contribution >= 0.6 is 0 Å². The smallest absolute Gasteiger partial charge is 0.263 e. The lowest BCUT2D eigenvalue weighted by Crippen LogP contribution is -2.17. The van der Waals surface area contributed by atoms with Crippen LogP contribution in [0.5, 0.6) is 11.5 Å². The average Bonchev–Trinajstić information content (AvgIpc) is 2.97.